The zero-order valence-corrected chi connectivity index (χ0v) is 18.3. The third kappa shape index (κ3) is 4.52. The Balaban J connectivity index is 1.50. The molecule has 1 fully saturated rings. The Morgan fingerprint density at radius 1 is 1.19 bits per heavy atom. The van der Waals surface area contributed by atoms with Crippen LogP contribution in [0.1, 0.15) is 43.6 Å². The quantitative estimate of drug-likeness (QED) is 0.617. The van der Waals surface area contributed by atoms with Gasteiger partial charge in [-0.2, -0.15) is 10.1 Å². The van der Waals surface area contributed by atoms with E-state index in [1.54, 1.807) is 17.2 Å². The zero-order valence-electron chi connectivity index (χ0n) is 18.3. The first-order chi connectivity index (χ1) is 14.9. The summed E-state index contributed by atoms with van der Waals surface area (Å²) in [6.45, 7) is 9.27. The largest absolute Gasteiger partial charge is 0.447 e. The van der Waals surface area contributed by atoms with Gasteiger partial charge in [-0.3, -0.25) is 9.58 Å². The Morgan fingerprint density at radius 2 is 1.97 bits per heavy atom. The molecule has 3 heterocycles. The third-order valence-corrected chi connectivity index (χ3v) is 5.55. The van der Waals surface area contributed by atoms with Crippen molar-refractivity contribution in [1.82, 2.24) is 19.7 Å². The summed E-state index contributed by atoms with van der Waals surface area (Å²) in [5, 5.41) is 8.00. The van der Waals surface area contributed by atoms with Crippen LogP contribution in [-0.2, 0) is 11.3 Å². The Morgan fingerprint density at radius 3 is 2.71 bits per heavy atom. The lowest BCUT2D eigenvalue weighted by atomic mass is 10.0. The molecular formula is C23H28N6O2. The van der Waals surface area contributed by atoms with E-state index in [0.717, 1.165) is 11.3 Å². The number of ether oxygens (including phenoxy) is 1. The molecule has 8 nitrogen and oxygen atoms in total. The first kappa shape index (κ1) is 20.8. The number of carbonyl (C=O) groups excluding carboxylic acids is 1. The highest BCUT2D eigenvalue weighted by atomic mass is 16.6. The number of hydrogen-bond acceptors (Lipinski definition) is 6. The third-order valence-electron chi connectivity index (χ3n) is 5.55. The monoisotopic (exact) mass is 420 g/mol. The van der Waals surface area contributed by atoms with Crippen LogP contribution in [0.25, 0.3) is 0 Å². The van der Waals surface area contributed by atoms with Crippen LogP contribution in [0, 0.1) is 12.8 Å². The van der Waals surface area contributed by atoms with E-state index in [2.05, 4.69) is 52.6 Å². The Bertz CT molecular complexity index is 1050. The topological polar surface area (TPSA) is 85.2 Å². The average Bonchev–Trinajstić information content (AvgIpc) is 3.31. The molecule has 4 rings (SSSR count). The molecule has 0 radical (unpaired) electrons. The maximum absolute atomic E-state index is 12.3. The van der Waals surface area contributed by atoms with Crippen molar-refractivity contribution in [3.8, 4) is 0 Å². The number of nitrogens with one attached hydrogen (secondary N) is 1. The number of aromatic nitrogens is 4. The van der Waals surface area contributed by atoms with E-state index in [-0.39, 0.29) is 24.1 Å². The van der Waals surface area contributed by atoms with Gasteiger partial charge in [0.05, 0.1) is 24.3 Å². The number of benzene rings is 1. The number of nitrogens with zero attached hydrogens (tertiary/aromatic N) is 5. The molecule has 0 unspecified atom stereocenters. The van der Waals surface area contributed by atoms with E-state index in [4.69, 9.17) is 4.74 Å². The van der Waals surface area contributed by atoms with Crippen molar-refractivity contribution in [2.45, 2.75) is 46.3 Å². The molecule has 2 aromatic heterocycles. The summed E-state index contributed by atoms with van der Waals surface area (Å²) >= 11 is 0. The Labute approximate surface area is 182 Å². The van der Waals surface area contributed by atoms with Gasteiger partial charge >= 0.3 is 6.09 Å². The minimum Gasteiger partial charge on any atom is -0.447 e. The second kappa shape index (κ2) is 8.75. The number of anilines is 2. The van der Waals surface area contributed by atoms with Crippen LogP contribution in [0.15, 0.2) is 48.8 Å². The van der Waals surface area contributed by atoms with Crippen LogP contribution < -0.4 is 10.2 Å². The first-order valence-electron chi connectivity index (χ1n) is 10.6. The van der Waals surface area contributed by atoms with Crippen molar-refractivity contribution in [3.63, 3.8) is 0 Å². The maximum Gasteiger partial charge on any atom is 0.415 e. The maximum atomic E-state index is 12.3. The zero-order chi connectivity index (χ0) is 22.0. The summed E-state index contributed by atoms with van der Waals surface area (Å²) < 4.78 is 7.19. The van der Waals surface area contributed by atoms with Gasteiger partial charge in [-0.15, -0.1) is 0 Å². The second-order valence-electron chi connectivity index (χ2n) is 8.22. The molecule has 0 bridgehead atoms. The molecule has 1 N–H and O–H groups in total. The highest BCUT2D eigenvalue weighted by molar-refractivity contribution is 5.89. The number of cyclic esters (lactones) is 1. The van der Waals surface area contributed by atoms with E-state index in [0.29, 0.717) is 24.9 Å². The normalized spacial score (nSPS) is 17.1. The standard InChI is InChI=1S/C23H28N6O2/c1-15(2)20-14-31-23(30)29(20)21-10-11-24-22(26-21)25-16(3)19-13-28(27-17(19)4)12-18-8-6-5-7-9-18/h5-11,13,15-16,20H,12,14H2,1-4H3,(H,24,25,26)/t16-,20+/m0/s1. The highest BCUT2D eigenvalue weighted by Gasteiger charge is 2.37. The summed E-state index contributed by atoms with van der Waals surface area (Å²) in [6.07, 6.45) is 3.34. The molecule has 1 amide bonds. The predicted molar refractivity (Wildman–Crippen MR) is 119 cm³/mol. The number of hydrogen-bond donors (Lipinski definition) is 1. The smallest absolute Gasteiger partial charge is 0.415 e. The highest BCUT2D eigenvalue weighted by Crippen LogP contribution is 2.27. The molecule has 2 atom stereocenters. The molecule has 1 aromatic carbocycles. The van der Waals surface area contributed by atoms with Crippen LogP contribution in [0.3, 0.4) is 0 Å². The molecule has 31 heavy (non-hydrogen) atoms. The van der Waals surface area contributed by atoms with Crippen molar-refractivity contribution in [2.75, 3.05) is 16.8 Å². The Hall–Kier alpha value is -3.42. The van der Waals surface area contributed by atoms with Gasteiger partial charge in [0.2, 0.25) is 5.95 Å². The van der Waals surface area contributed by atoms with Gasteiger partial charge in [0, 0.05) is 18.0 Å². The number of amides is 1. The van der Waals surface area contributed by atoms with Crippen LogP contribution in [0.5, 0.6) is 0 Å². The summed E-state index contributed by atoms with van der Waals surface area (Å²) in [5.74, 6) is 1.26. The lowest BCUT2D eigenvalue weighted by Gasteiger charge is -2.23. The van der Waals surface area contributed by atoms with E-state index in [1.807, 2.05) is 36.7 Å². The van der Waals surface area contributed by atoms with Gasteiger partial charge in [0.1, 0.15) is 12.4 Å². The molecular weight excluding hydrogens is 392 g/mol. The van der Waals surface area contributed by atoms with E-state index in [9.17, 15) is 4.79 Å². The summed E-state index contributed by atoms with van der Waals surface area (Å²) in [5.41, 5.74) is 3.23. The van der Waals surface area contributed by atoms with E-state index < -0.39 is 0 Å². The average molecular weight is 421 g/mol. The van der Waals surface area contributed by atoms with Crippen LogP contribution in [0.2, 0.25) is 0 Å². The van der Waals surface area contributed by atoms with Crippen LogP contribution >= 0.6 is 0 Å². The summed E-state index contributed by atoms with van der Waals surface area (Å²) in [4.78, 5) is 22.8. The fourth-order valence-corrected chi connectivity index (χ4v) is 3.82. The summed E-state index contributed by atoms with van der Waals surface area (Å²) in [7, 11) is 0. The molecule has 1 aliphatic rings. The fraction of sp³-hybridized carbons (Fsp3) is 0.391. The molecule has 1 saturated heterocycles. The van der Waals surface area contributed by atoms with E-state index >= 15 is 0 Å². The van der Waals surface area contributed by atoms with E-state index in [1.165, 1.54) is 5.56 Å². The van der Waals surface area contributed by atoms with Crippen LogP contribution in [0.4, 0.5) is 16.6 Å². The van der Waals surface area contributed by atoms with Gasteiger partial charge in [-0.05, 0) is 31.4 Å². The summed E-state index contributed by atoms with van der Waals surface area (Å²) in [6, 6.07) is 11.9. The van der Waals surface area contributed by atoms with Gasteiger partial charge < -0.3 is 10.1 Å². The van der Waals surface area contributed by atoms with Gasteiger partial charge in [0.15, 0.2) is 0 Å². The van der Waals surface area contributed by atoms with Crippen molar-refractivity contribution < 1.29 is 9.53 Å². The molecule has 8 heteroatoms. The number of rotatable bonds is 7. The number of aryl methyl sites for hydroxylation is 1. The van der Waals surface area contributed by atoms with Gasteiger partial charge in [-0.1, -0.05) is 44.2 Å². The second-order valence-corrected chi connectivity index (χ2v) is 8.22. The minimum atomic E-state index is -0.366. The molecule has 0 saturated carbocycles. The first-order valence-corrected chi connectivity index (χ1v) is 10.6. The lowest BCUT2D eigenvalue weighted by molar-refractivity contribution is 0.177. The number of carbonyl (C=O) groups is 1. The molecule has 3 aromatic rings. The Kier molecular flexibility index (Phi) is 5.88. The molecule has 0 aliphatic carbocycles. The van der Waals surface area contributed by atoms with Crippen molar-refractivity contribution >= 4 is 17.9 Å². The van der Waals surface area contributed by atoms with Gasteiger partial charge in [-0.25, -0.2) is 9.78 Å². The molecule has 1 aliphatic heterocycles. The minimum absolute atomic E-state index is 0.0360. The van der Waals surface area contributed by atoms with Gasteiger partial charge in [0.25, 0.3) is 0 Å². The van der Waals surface area contributed by atoms with Crippen molar-refractivity contribution in [1.29, 1.82) is 0 Å². The van der Waals surface area contributed by atoms with Crippen LogP contribution in [-0.4, -0.2) is 38.5 Å². The fourth-order valence-electron chi connectivity index (χ4n) is 3.82. The van der Waals surface area contributed by atoms with Crippen molar-refractivity contribution in [2.24, 2.45) is 5.92 Å². The molecule has 162 valence electrons. The SMILES string of the molecule is Cc1nn(Cc2ccccc2)cc1[C@H](C)Nc1nccc(N2C(=O)OC[C@@H]2C(C)C)n1. The lowest BCUT2D eigenvalue weighted by Crippen LogP contribution is -2.37. The van der Waals surface area contributed by atoms with Crippen molar-refractivity contribution in [3.05, 3.63) is 65.6 Å². The predicted octanol–water partition coefficient (Wildman–Crippen LogP) is 4.18. The molecule has 0 spiro atoms.